The minimum absolute atomic E-state index is 0.0818. The highest BCUT2D eigenvalue weighted by Gasteiger charge is 2.37. The van der Waals surface area contributed by atoms with Gasteiger partial charge >= 0.3 is 0 Å². The van der Waals surface area contributed by atoms with E-state index in [2.05, 4.69) is 15.0 Å². The fraction of sp³-hybridized carbons (Fsp3) is 0.333. The smallest absolute Gasteiger partial charge is 0.283 e. The number of benzene rings is 1. The molecule has 1 N–H and O–H groups in total. The lowest BCUT2D eigenvalue weighted by Crippen LogP contribution is -2.35. The SMILES string of the molecule is CN(C)c1ccc(/C=C2\C(=N)N3N=C(N4CCCC4)SC3=NC2=O)cc1. The summed E-state index contributed by atoms with van der Waals surface area (Å²) >= 11 is 1.37. The second kappa shape index (κ2) is 6.60. The van der Waals surface area contributed by atoms with Gasteiger partial charge in [0.25, 0.3) is 5.91 Å². The first-order chi connectivity index (χ1) is 12.5. The lowest BCUT2D eigenvalue weighted by Gasteiger charge is -2.20. The van der Waals surface area contributed by atoms with Gasteiger partial charge in [0.1, 0.15) is 0 Å². The van der Waals surface area contributed by atoms with Crippen LogP contribution in [-0.2, 0) is 4.79 Å². The number of anilines is 1. The van der Waals surface area contributed by atoms with Gasteiger partial charge in [-0.25, -0.2) is 0 Å². The maximum Gasteiger partial charge on any atom is 0.283 e. The van der Waals surface area contributed by atoms with Crippen LogP contribution in [0.15, 0.2) is 39.9 Å². The Kier molecular flexibility index (Phi) is 4.28. The van der Waals surface area contributed by atoms with Crippen molar-refractivity contribution in [1.82, 2.24) is 9.91 Å². The van der Waals surface area contributed by atoms with Gasteiger partial charge in [0.05, 0.1) is 5.57 Å². The molecule has 3 heterocycles. The van der Waals surface area contributed by atoms with Crippen molar-refractivity contribution in [2.75, 3.05) is 32.1 Å². The normalized spacial score (nSPS) is 21.2. The number of likely N-dealkylation sites (tertiary alicyclic amines) is 1. The number of hydrogen-bond donors (Lipinski definition) is 1. The van der Waals surface area contributed by atoms with Crippen LogP contribution in [0.25, 0.3) is 6.08 Å². The summed E-state index contributed by atoms with van der Waals surface area (Å²) in [4.78, 5) is 20.8. The summed E-state index contributed by atoms with van der Waals surface area (Å²) in [7, 11) is 3.95. The standard InChI is InChI=1S/C18H20N6OS/c1-22(2)13-7-5-12(6-8-13)11-14-15(19)24-17(20-16(14)25)26-18(21-24)23-9-3-4-10-23/h5-8,11,19H,3-4,9-10H2,1-2H3/b14-11+,19-15?. The molecule has 7 nitrogen and oxygen atoms in total. The van der Waals surface area contributed by atoms with Crippen molar-refractivity contribution in [3.05, 3.63) is 35.4 Å². The van der Waals surface area contributed by atoms with Crippen molar-refractivity contribution in [2.45, 2.75) is 12.8 Å². The van der Waals surface area contributed by atoms with Crippen LogP contribution in [-0.4, -0.2) is 59.2 Å². The van der Waals surface area contributed by atoms with Gasteiger partial charge in [-0.2, -0.15) is 10.0 Å². The second-order valence-corrected chi connectivity index (χ2v) is 7.52. The number of aliphatic imine (C=N–C) groups is 1. The fourth-order valence-corrected chi connectivity index (χ4v) is 4.00. The van der Waals surface area contributed by atoms with Crippen molar-refractivity contribution >= 4 is 45.6 Å². The quantitative estimate of drug-likeness (QED) is 0.812. The average Bonchev–Trinajstić information content (AvgIpc) is 3.28. The van der Waals surface area contributed by atoms with Gasteiger partial charge in [-0.05, 0) is 48.4 Å². The van der Waals surface area contributed by atoms with Crippen molar-refractivity contribution in [2.24, 2.45) is 10.1 Å². The van der Waals surface area contributed by atoms with Gasteiger partial charge in [-0.3, -0.25) is 10.2 Å². The van der Waals surface area contributed by atoms with E-state index in [0.717, 1.165) is 42.3 Å². The molecule has 4 rings (SSSR count). The zero-order valence-corrected chi connectivity index (χ0v) is 15.6. The Bertz CT molecular complexity index is 849. The van der Waals surface area contributed by atoms with E-state index >= 15 is 0 Å². The van der Waals surface area contributed by atoms with E-state index in [1.807, 2.05) is 43.3 Å². The summed E-state index contributed by atoms with van der Waals surface area (Å²) in [6.45, 7) is 1.93. The Morgan fingerprint density at radius 1 is 1.15 bits per heavy atom. The molecule has 8 heteroatoms. The monoisotopic (exact) mass is 368 g/mol. The number of carbonyl (C=O) groups excluding carboxylic acids is 1. The van der Waals surface area contributed by atoms with E-state index in [1.54, 1.807) is 6.08 Å². The lowest BCUT2D eigenvalue weighted by molar-refractivity contribution is -0.114. The molecule has 134 valence electrons. The van der Waals surface area contributed by atoms with Gasteiger partial charge in [-0.15, -0.1) is 5.10 Å². The second-order valence-electron chi connectivity index (χ2n) is 6.58. The van der Waals surface area contributed by atoms with Crippen molar-refractivity contribution in [3.63, 3.8) is 0 Å². The molecule has 0 aromatic heterocycles. The van der Waals surface area contributed by atoms with Gasteiger partial charge < -0.3 is 9.80 Å². The number of thioether (sulfide) groups is 1. The van der Waals surface area contributed by atoms with Gasteiger partial charge in [0, 0.05) is 32.9 Å². The van der Waals surface area contributed by atoms with Crippen molar-refractivity contribution < 1.29 is 4.79 Å². The molecular formula is C18H20N6OS. The third-order valence-electron chi connectivity index (χ3n) is 4.54. The van der Waals surface area contributed by atoms with Crippen molar-refractivity contribution in [3.8, 4) is 0 Å². The molecule has 1 fully saturated rings. The van der Waals surface area contributed by atoms with Crippen LogP contribution in [0.3, 0.4) is 0 Å². The zero-order chi connectivity index (χ0) is 18.3. The molecule has 1 aromatic carbocycles. The molecule has 0 atom stereocenters. The molecule has 1 saturated heterocycles. The van der Waals surface area contributed by atoms with Crippen LogP contribution in [0.1, 0.15) is 18.4 Å². The first kappa shape index (κ1) is 16.8. The zero-order valence-electron chi connectivity index (χ0n) is 14.8. The summed E-state index contributed by atoms with van der Waals surface area (Å²) in [5, 5.41) is 15.7. The minimum atomic E-state index is -0.386. The van der Waals surface area contributed by atoms with Crippen LogP contribution >= 0.6 is 11.8 Å². The van der Waals surface area contributed by atoms with Crippen LogP contribution in [0, 0.1) is 5.41 Å². The Hall–Kier alpha value is -2.61. The topological polar surface area (TPSA) is 75.4 Å². The van der Waals surface area contributed by atoms with Gasteiger partial charge in [0.15, 0.2) is 11.0 Å². The summed E-state index contributed by atoms with van der Waals surface area (Å²) < 4.78 is 0. The van der Waals surface area contributed by atoms with Crippen molar-refractivity contribution in [1.29, 1.82) is 5.41 Å². The van der Waals surface area contributed by atoms with E-state index < -0.39 is 0 Å². The van der Waals surface area contributed by atoms with Gasteiger partial charge in [0.2, 0.25) is 5.17 Å². The Balaban J connectivity index is 1.61. The predicted molar refractivity (Wildman–Crippen MR) is 107 cm³/mol. The minimum Gasteiger partial charge on any atom is -0.378 e. The first-order valence-electron chi connectivity index (χ1n) is 8.55. The molecule has 1 amide bonds. The van der Waals surface area contributed by atoms with Gasteiger partial charge in [-0.1, -0.05) is 12.1 Å². The molecule has 0 bridgehead atoms. The number of rotatable bonds is 2. The van der Waals surface area contributed by atoms with E-state index in [9.17, 15) is 4.79 Å². The summed E-state index contributed by atoms with van der Waals surface area (Å²) in [5.41, 5.74) is 2.20. The summed E-state index contributed by atoms with van der Waals surface area (Å²) in [5.74, 6) is -0.304. The molecule has 0 saturated carbocycles. The number of amidine groups is 3. The Morgan fingerprint density at radius 3 is 2.50 bits per heavy atom. The molecule has 3 aliphatic rings. The molecule has 0 aliphatic carbocycles. The number of nitrogens with zero attached hydrogens (tertiary/aromatic N) is 5. The Morgan fingerprint density at radius 2 is 1.85 bits per heavy atom. The average molecular weight is 368 g/mol. The Labute approximate surface area is 156 Å². The molecule has 3 aliphatic heterocycles. The largest absolute Gasteiger partial charge is 0.378 e. The number of hydrogen-bond acceptors (Lipinski definition) is 6. The number of carbonyl (C=O) groups is 1. The number of hydrazone groups is 1. The molecule has 1 aromatic rings. The highest BCUT2D eigenvalue weighted by Crippen LogP contribution is 2.30. The molecule has 0 unspecified atom stereocenters. The van der Waals surface area contributed by atoms with Crippen LogP contribution in [0.2, 0.25) is 0 Å². The first-order valence-corrected chi connectivity index (χ1v) is 9.37. The van der Waals surface area contributed by atoms with E-state index in [0.29, 0.717) is 5.17 Å². The molecule has 0 radical (unpaired) electrons. The number of nitrogens with one attached hydrogen (secondary N) is 1. The van der Waals surface area contributed by atoms with Crippen LogP contribution < -0.4 is 4.90 Å². The third-order valence-corrected chi connectivity index (χ3v) is 5.51. The van der Waals surface area contributed by atoms with E-state index in [1.165, 1.54) is 16.8 Å². The molecule has 0 spiro atoms. The summed E-state index contributed by atoms with van der Waals surface area (Å²) in [6.07, 6.45) is 4.01. The lowest BCUT2D eigenvalue weighted by atomic mass is 10.1. The third kappa shape index (κ3) is 3.01. The maximum atomic E-state index is 12.4. The highest BCUT2D eigenvalue weighted by atomic mass is 32.2. The highest BCUT2D eigenvalue weighted by molar-refractivity contribution is 8.26. The van der Waals surface area contributed by atoms with Crippen LogP contribution in [0.5, 0.6) is 0 Å². The van der Waals surface area contributed by atoms with E-state index in [-0.39, 0.29) is 17.3 Å². The fourth-order valence-electron chi connectivity index (χ4n) is 3.05. The molecular weight excluding hydrogens is 348 g/mol. The number of amides is 1. The molecule has 26 heavy (non-hydrogen) atoms. The summed E-state index contributed by atoms with van der Waals surface area (Å²) in [6, 6.07) is 7.82. The maximum absolute atomic E-state index is 12.4. The van der Waals surface area contributed by atoms with E-state index in [4.69, 9.17) is 5.41 Å². The number of fused-ring (bicyclic) bond motifs is 1. The van der Waals surface area contributed by atoms with Crippen LogP contribution in [0.4, 0.5) is 5.69 Å². The predicted octanol–water partition coefficient (Wildman–Crippen LogP) is 2.43.